The van der Waals surface area contributed by atoms with Crippen LogP contribution < -0.4 is 10.2 Å². The van der Waals surface area contributed by atoms with E-state index in [9.17, 15) is 4.79 Å². The van der Waals surface area contributed by atoms with Crippen molar-refractivity contribution in [3.05, 3.63) is 25.0 Å². The van der Waals surface area contributed by atoms with E-state index in [1.54, 1.807) is 11.0 Å². The van der Waals surface area contributed by atoms with Gasteiger partial charge in [-0.2, -0.15) is 5.10 Å². The van der Waals surface area contributed by atoms with E-state index in [1.807, 2.05) is 11.0 Å². The van der Waals surface area contributed by atoms with Crippen LogP contribution in [0.4, 0.5) is 5.82 Å². The first kappa shape index (κ1) is 16.3. The maximum atomic E-state index is 12.1. The summed E-state index contributed by atoms with van der Waals surface area (Å²) in [6.07, 6.45) is 4.05. The summed E-state index contributed by atoms with van der Waals surface area (Å²) in [5.41, 5.74) is 0. The Kier molecular flexibility index (Phi) is 4.96. The molecule has 1 N–H and O–H groups in total. The topological polar surface area (TPSA) is 107 Å². The molecule has 24 heavy (non-hydrogen) atoms. The van der Waals surface area contributed by atoms with Crippen molar-refractivity contribution in [3.8, 4) is 5.82 Å². The number of hydrogen-bond acceptors (Lipinski definition) is 8. The second-order valence-corrected chi connectivity index (χ2v) is 5.32. The Bertz CT molecular complexity index is 669. The minimum absolute atomic E-state index is 0.0177. The van der Waals surface area contributed by atoms with Crippen molar-refractivity contribution in [2.75, 3.05) is 38.8 Å². The molecular formula is C14H19N7O3. The summed E-state index contributed by atoms with van der Waals surface area (Å²) in [6, 6.07) is 1.81. The summed E-state index contributed by atoms with van der Waals surface area (Å²) < 4.78 is 11.6. The van der Waals surface area contributed by atoms with E-state index in [0.29, 0.717) is 25.5 Å². The van der Waals surface area contributed by atoms with Crippen molar-refractivity contribution < 1.29 is 14.3 Å². The van der Waals surface area contributed by atoms with Crippen molar-refractivity contribution in [1.29, 1.82) is 0 Å². The lowest BCUT2D eigenvalue weighted by Gasteiger charge is -2.39. The molecule has 0 bridgehead atoms. The summed E-state index contributed by atoms with van der Waals surface area (Å²) in [5, 5.41) is 6.86. The summed E-state index contributed by atoms with van der Waals surface area (Å²) in [4.78, 5) is 26.4. The standard InChI is InChI=1S/C14H19N7O3/c1-23-13(24-2)4-16-14(22)10-5-20(6-10)11-3-12(18-8-17-11)21-9-15-7-19-21/h3,7-10,13H,4-6H2,1-2H3,(H,16,22). The van der Waals surface area contributed by atoms with Crippen LogP contribution in [0.2, 0.25) is 0 Å². The van der Waals surface area contributed by atoms with Gasteiger partial charge in [-0.25, -0.2) is 19.6 Å². The van der Waals surface area contributed by atoms with Crippen molar-refractivity contribution in [2.45, 2.75) is 6.29 Å². The normalized spacial score (nSPS) is 14.7. The molecule has 1 aliphatic heterocycles. The first-order valence-electron chi connectivity index (χ1n) is 7.46. The molecule has 128 valence electrons. The Labute approximate surface area is 138 Å². The Balaban J connectivity index is 1.53. The molecule has 1 fully saturated rings. The number of amides is 1. The Morgan fingerprint density at radius 3 is 2.71 bits per heavy atom. The zero-order valence-corrected chi connectivity index (χ0v) is 13.5. The smallest absolute Gasteiger partial charge is 0.226 e. The average Bonchev–Trinajstić information content (AvgIpc) is 3.09. The summed E-state index contributed by atoms with van der Waals surface area (Å²) in [7, 11) is 3.07. The molecule has 0 aliphatic carbocycles. The highest BCUT2D eigenvalue weighted by atomic mass is 16.7. The monoisotopic (exact) mass is 333 g/mol. The predicted molar refractivity (Wildman–Crippen MR) is 83.5 cm³/mol. The molecule has 2 aromatic rings. The van der Waals surface area contributed by atoms with Crippen LogP contribution in [0.3, 0.4) is 0 Å². The lowest BCUT2D eigenvalue weighted by atomic mass is 9.99. The Morgan fingerprint density at radius 2 is 2.04 bits per heavy atom. The number of carbonyl (C=O) groups is 1. The first-order valence-corrected chi connectivity index (χ1v) is 7.46. The highest BCUT2D eigenvalue weighted by Crippen LogP contribution is 2.23. The van der Waals surface area contributed by atoms with E-state index in [2.05, 4.69) is 25.4 Å². The Hall–Kier alpha value is -2.59. The fraction of sp³-hybridized carbons (Fsp3) is 0.500. The lowest BCUT2D eigenvalue weighted by molar-refractivity contribution is -0.131. The molecule has 10 heteroatoms. The minimum Gasteiger partial charge on any atom is -0.355 e. The van der Waals surface area contributed by atoms with E-state index in [0.717, 1.165) is 5.82 Å². The molecule has 10 nitrogen and oxygen atoms in total. The number of rotatable bonds is 7. The molecule has 1 saturated heterocycles. The number of ether oxygens (including phenoxy) is 2. The zero-order valence-electron chi connectivity index (χ0n) is 13.5. The fourth-order valence-corrected chi connectivity index (χ4v) is 2.38. The van der Waals surface area contributed by atoms with Gasteiger partial charge in [0.25, 0.3) is 0 Å². The van der Waals surface area contributed by atoms with Crippen LogP contribution >= 0.6 is 0 Å². The van der Waals surface area contributed by atoms with Crippen LogP contribution in [0.1, 0.15) is 0 Å². The first-order chi connectivity index (χ1) is 11.7. The van der Waals surface area contributed by atoms with Crippen molar-refractivity contribution in [2.24, 2.45) is 5.92 Å². The number of carbonyl (C=O) groups excluding carboxylic acids is 1. The van der Waals surface area contributed by atoms with Crippen LogP contribution in [0.15, 0.2) is 25.0 Å². The van der Waals surface area contributed by atoms with Crippen LogP contribution in [0, 0.1) is 5.92 Å². The molecule has 0 radical (unpaired) electrons. The molecule has 0 unspecified atom stereocenters. The SMILES string of the molecule is COC(CNC(=O)C1CN(c2cc(-n3cncn3)ncn2)C1)OC. The molecule has 0 spiro atoms. The number of nitrogens with zero attached hydrogens (tertiary/aromatic N) is 6. The van der Waals surface area contributed by atoms with Gasteiger partial charge in [-0.15, -0.1) is 0 Å². The van der Waals surface area contributed by atoms with Crippen molar-refractivity contribution in [1.82, 2.24) is 30.0 Å². The van der Waals surface area contributed by atoms with Gasteiger partial charge in [-0.3, -0.25) is 4.79 Å². The van der Waals surface area contributed by atoms with Crippen molar-refractivity contribution in [3.63, 3.8) is 0 Å². The van der Waals surface area contributed by atoms with Gasteiger partial charge in [0.05, 0.1) is 12.5 Å². The van der Waals surface area contributed by atoms with Gasteiger partial charge in [0.15, 0.2) is 12.1 Å². The van der Waals surface area contributed by atoms with Gasteiger partial charge < -0.3 is 19.7 Å². The van der Waals surface area contributed by atoms with Gasteiger partial charge in [0, 0.05) is 33.4 Å². The summed E-state index contributed by atoms with van der Waals surface area (Å²) >= 11 is 0. The van der Waals surface area contributed by atoms with E-state index < -0.39 is 6.29 Å². The number of methoxy groups -OCH3 is 2. The van der Waals surface area contributed by atoms with Crippen LogP contribution in [-0.2, 0) is 14.3 Å². The molecule has 0 atom stereocenters. The van der Waals surface area contributed by atoms with E-state index in [1.165, 1.54) is 26.9 Å². The molecule has 2 aromatic heterocycles. The maximum Gasteiger partial charge on any atom is 0.226 e. The third-order valence-corrected chi connectivity index (χ3v) is 3.84. The lowest BCUT2D eigenvalue weighted by Crippen LogP contribution is -2.54. The quantitative estimate of drug-likeness (QED) is 0.658. The van der Waals surface area contributed by atoms with Gasteiger partial charge in [-0.05, 0) is 0 Å². The number of nitrogens with one attached hydrogen (secondary N) is 1. The second kappa shape index (κ2) is 7.32. The van der Waals surface area contributed by atoms with Gasteiger partial charge in [0.2, 0.25) is 5.91 Å². The maximum absolute atomic E-state index is 12.1. The summed E-state index contributed by atoms with van der Waals surface area (Å²) in [5.74, 6) is 1.29. The van der Waals surface area contributed by atoms with Crippen LogP contribution in [0.25, 0.3) is 5.82 Å². The highest BCUT2D eigenvalue weighted by molar-refractivity contribution is 5.81. The van der Waals surface area contributed by atoms with Gasteiger partial charge in [-0.1, -0.05) is 0 Å². The van der Waals surface area contributed by atoms with Crippen molar-refractivity contribution >= 4 is 11.7 Å². The fourth-order valence-electron chi connectivity index (χ4n) is 2.38. The van der Waals surface area contributed by atoms with Gasteiger partial charge in [0.1, 0.15) is 24.8 Å². The van der Waals surface area contributed by atoms with E-state index in [-0.39, 0.29) is 11.8 Å². The zero-order chi connectivity index (χ0) is 16.9. The molecular weight excluding hydrogens is 314 g/mol. The average molecular weight is 333 g/mol. The van der Waals surface area contributed by atoms with Crippen LogP contribution in [0.5, 0.6) is 0 Å². The largest absolute Gasteiger partial charge is 0.355 e. The predicted octanol–water partition coefficient (Wildman–Crippen LogP) is -0.771. The molecule has 0 aromatic carbocycles. The van der Waals surface area contributed by atoms with E-state index >= 15 is 0 Å². The Morgan fingerprint density at radius 1 is 1.29 bits per heavy atom. The molecule has 3 heterocycles. The van der Waals surface area contributed by atoms with Gasteiger partial charge >= 0.3 is 0 Å². The molecule has 0 saturated carbocycles. The molecule has 1 aliphatic rings. The third kappa shape index (κ3) is 3.49. The van der Waals surface area contributed by atoms with Crippen LogP contribution in [-0.4, -0.2) is 70.8 Å². The summed E-state index contributed by atoms with van der Waals surface area (Å²) in [6.45, 7) is 1.53. The third-order valence-electron chi connectivity index (χ3n) is 3.84. The number of aromatic nitrogens is 5. The molecule has 3 rings (SSSR count). The van der Waals surface area contributed by atoms with E-state index in [4.69, 9.17) is 9.47 Å². The second-order valence-electron chi connectivity index (χ2n) is 5.32. The molecule has 1 amide bonds. The number of hydrogen-bond donors (Lipinski definition) is 1. The number of anilines is 1. The minimum atomic E-state index is -0.433. The highest BCUT2D eigenvalue weighted by Gasteiger charge is 2.33.